The molecule has 0 aliphatic heterocycles. The van der Waals surface area contributed by atoms with E-state index < -0.39 is 0 Å². The van der Waals surface area contributed by atoms with Crippen LogP contribution in [0.15, 0.2) is 36.9 Å². The second-order valence-corrected chi connectivity index (χ2v) is 6.49. The molecule has 1 unspecified atom stereocenters. The molecule has 5 heteroatoms. The highest BCUT2D eigenvalue weighted by Crippen LogP contribution is 2.26. The SMILES string of the molecule is C=CCOc1ccccc1OCC(CNC(C)C)OC(=O)CCCCC. The molecule has 0 saturated heterocycles. The average molecular weight is 363 g/mol. The maximum absolute atomic E-state index is 12.1. The maximum atomic E-state index is 12.1. The highest BCUT2D eigenvalue weighted by atomic mass is 16.6. The van der Waals surface area contributed by atoms with Gasteiger partial charge in [0, 0.05) is 19.0 Å². The van der Waals surface area contributed by atoms with Crippen molar-refractivity contribution in [3.8, 4) is 11.5 Å². The van der Waals surface area contributed by atoms with Gasteiger partial charge < -0.3 is 19.5 Å². The van der Waals surface area contributed by atoms with E-state index in [1.807, 2.05) is 24.3 Å². The lowest BCUT2D eigenvalue weighted by atomic mass is 10.2. The van der Waals surface area contributed by atoms with Crippen LogP contribution in [0.3, 0.4) is 0 Å². The van der Waals surface area contributed by atoms with Crippen LogP contribution < -0.4 is 14.8 Å². The second-order valence-electron chi connectivity index (χ2n) is 6.49. The van der Waals surface area contributed by atoms with Gasteiger partial charge in [0.05, 0.1) is 0 Å². The molecule has 0 bridgehead atoms. The standard InChI is InChI=1S/C21H33NO4/c1-5-7-8-13-21(23)26-18(15-22-17(3)4)16-25-20-12-10-9-11-19(20)24-14-6-2/h6,9-12,17-18,22H,2,5,7-8,13-16H2,1,3-4H3. The van der Waals surface area contributed by atoms with Crippen LogP contribution in [0.25, 0.3) is 0 Å². The van der Waals surface area contributed by atoms with E-state index in [1.54, 1.807) is 6.08 Å². The molecule has 0 aromatic heterocycles. The molecule has 146 valence electrons. The normalized spacial score (nSPS) is 11.8. The van der Waals surface area contributed by atoms with E-state index in [1.165, 1.54) is 0 Å². The molecule has 0 amide bonds. The number of esters is 1. The Kier molecular flexibility index (Phi) is 11.2. The van der Waals surface area contributed by atoms with Gasteiger partial charge in [-0.15, -0.1) is 0 Å². The first-order valence-electron chi connectivity index (χ1n) is 9.45. The fraction of sp³-hybridized carbons (Fsp3) is 0.571. The highest BCUT2D eigenvalue weighted by Gasteiger charge is 2.17. The molecule has 1 atom stereocenters. The summed E-state index contributed by atoms with van der Waals surface area (Å²) < 4.78 is 17.1. The van der Waals surface area contributed by atoms with Crippen LogP contribution in [-0.2, 0) is 9.53 Å². The van der Waals surface area contributed by atoms with Crippen molar-refractivity contribution in [2.75, 3.05) is 19.8 Å². The second kappa shape index (κ2) is 13.2. The first kappa shape index (κ1) is 22.0. The largest absolute Gasteiger partial charge is 0.486 e. The van der Waals surface area contributed by atoms with Crippen LogP contribution in [-0.4, -0.2) is 37.9 Å². The summed E-state index contributed by atoms with van der Waals surface area (Å²) in [6.45, 7) is 11.1. The quantitative estimate of drug-likeness (QED) is 0.306. The van der Waals surface area contributed by atoms with Crippen LogP contribution >= 0.6 is 0 Å². The van der Waals surface area contributed by atoms with Crippen molar-refractivity contribution in [3.63, 3.8) is 0 Å². The topological polar surface area (TPSA) is 56.8 Å². The van der Waals surface area contributed by atoms with Crippen LogP contribution in [0.2, 0.25) is 0 Å². The minimum atomic E-state index is -0.348. The Morgan fingerprint density at radius 3 is 2.50 bits per heavy atom. The molecule has 26 heavy (non-hydrogen) atoms. The van der Waals surface area contributed by atoms with Crippen molar-refractivity contribution in [3.05, 3.63) is 36.9 Å². The zero-order valence-electron chi connectivity index (χ0n) is 16.3. The molecule has 0 aliphatic rings. The van der Waals surface area contributed by atoms with E-state index in [0.29, 0.717) is 37.1 Å². The fourth-order valence-corrected chi connectivity index (χ4v) is 2.29. The molecule has 1 aromatic rings. The molecular weight excluding hydrogens is 330 g/mol. The van der Waals surface area contributed by atoms with Gasteiger partial charge >= 0.3 is 5.97 Å². The number of nitrogens with one attached hydrogen (secondary N) is 1. The number of carbonyl (C=O) groups is 1. The zero-order chi connectivity index (χ0) is 19.2. The highest BCUT2D eigenvalue weighted by molar-refractivity contribution is 5.69. The molecule has 1 aromatic carbocycles. The van der Waals surface area contributed by atoms with Gasteiger partial charge in [0.2, 0.25) is 0 Å². The van der Waals surface area contributed by atoms with Crippen LogP contribution in [0.4, 0.5) is 0 Å². The first-order chi connectivity index (χ1) is 12.6. The number of hydrogen-bond acceptors (Lipinski definition) is 5. The van der Waals surface area contributed by atoms with E-state index in [4.69, 9.17) is 14.2 Å². The smallest absolute Gasteiger partial charge is 0.306 e. The minimum absolute atomic E-state index is 0.172. The van der Waals surface area contributed by atoms with E-state index in [2.05, 4.69) is 32.7 Å². The molecule has 1 N–H and O–H groups in total. The Balaban J connectivity index is 2.61. The lowest BCUT2D eigenvalue weighted by Crippen LogP contribution is -2.38. The van der Waals surface area contributed by atoms with Gasteiger partial charge in [0.15, 0.2) is 11.5 Å². The number of para-hydroxylation sites is 2. The van der Waals surface area contributed by atoms with Gasteiger partial charge in [-0.2, -0.15) is 0 Å². The molecular formula is C21H33NO4. The molecule has 0 aliphatic carbocycles. The number of unbranched alkanes of at least 4 members (excludes halogenated alkanes) is 2. The number of carbonyl (C=O) groups excluding carboxylic acids is 1. The van der Waals surface area contributed by atoms with Crippen LogP contribution in [0.5, 0.6) is 11.5 Å². The Morgan fingerprint density at radius 2 is 1.88 bits per heavy atom. The van der Waals surface area contributed by atoms with Gasteiger partial charge in [0.1, 0.15) is 19.3 Å². The van der Waals surface area contributed by atoms with Gasteiger partial charge in [-0.05, 0) is 18.6 Å². The Hall–Kier alpha value is -2.01. The lowest BCUT2D eigenvalue weighted by molar-refractivity contribution is -0.150. The number of benzene rings is 1. The zero-order valence-corrected chi connectivity index (χ0v) is 16.3. The summed E-state index contributed by atoms with van der Waals surface area (Å²) in [6.07, 6.45) is 4.76. The third-order valence-corrected chi connectivity index (χ3v) is 3.67. The van der Waals surface area contributed by atoms with Crippen molar-refractivity contribution < 1.29 is 19.0 Å². The van der Waals surface area contributed by atoms with Crippen molar-refractivity contribution in [1.29, 1.82) is 0 Å². The van der Waals surface area contributed by atoms with E-state index >= 15 is 0 Å². The summed E-state index contributed by atoms with van der Waals surface area (Å²) in [6, 6.07) is 7.76. The summed E-state index contributed by atoms with van der Waals surface area (Å²) in [5.41, 5.74) is 0. The molecule has 5 nitrogen and oxygen atoms in total. The van der Waals surface area contributed by atoms with Crippen LogP contribution in [0.1, 0.15) is 46.5 Å². The number of ether oxygens (including phenoxy) is 3. The fourth-order valence-electron chi connectivity index (χ4n) is 2.29. The monoisotopic (exact) mass is 363 g/mol. The summed E-state index contributed by atoms with van der Waals surface area (Å²) in [5.74, 6) is 1.11. The molecule has 0 heterocycles. The number of rotatable bonds is 14. The molecule has 0 fully saturated rings. The number of hydrogen-bond donors (Lipinski definition) is 1. The Morgan fingerprint density at radius 1 is 1.19 bits per heavy atom. The first-order valence-corrected chi connectivity index (χ1v) is 9.45. The molecule has 1 rings (SSSR count). The van der Waals surface area contributed by atoms with Crippen molar-refractivity contribution in [2.24, 2.45) is 0 Å². The molecule has 0 spiro atoms. The van der Waals surface area contributed by atoms with Crippen LogP contribution in [0, 0.1) is 0 Å². The summed E-state index contributed by atoms with van der Waals surface area (Å²) in [5, 5.41) is 3.30. The maximum Gasteiger partial charge on any atom is 0.306 e. The van der Waals surface area contributed by atoms with E-state index in [9.17, 15) is 4.79 Å². The third-order valence-electron chi connectivity index (χ3n) is 3.67. The minimum Gasteiger partial charge on any atom is -0.486 e. The lowest BCUT2D eigenvalue weighted by Gasteiger charge is -2.21. The van der Waals surface area contributed by atoms with Gasteiger partial charge in [-0.25, -0.2) is 0 Å². The summed E-state index contributed by atoms with van der Waals surface area (Å²) in [7, 11) is 0. The van der Waals surface area contributed by atoms with Gasteiger partial charge in [-0.1, -0.05) is 58.4 Å². The predicted molar refractivity (Wildman–Crippen MR) is 105 cm³/mol. The van der Waals surface area contributed by atoms with Crippen molar-refractivity contribution in [2.45, 2.75) is 58.6 Å². The summed E-state index contributed by atoms with van der Waals surface area (Å²) >= 11 is 0. The molecule has 0 radical (unpaired) electrons. The molecule has 0 saturated carbocycles. The van der Waals surface area contributed by atoms with Crippen molar-refractivity contribution in [1.82, 2.24) is 5.32 Å². The van der Waals surface area contributed by atoms with Gasteiger partial charge in [-0.3, -0.25) is 4.79 Å². The van der Waals surface area contributed by atoms with Gasteiger partial charge in [0.25, 0.3) is 0 Å². The summed E-state index contributed by atoms with van der Waals surface area (Å²) in [4.78, 5) is 12.1. The predicted octanol–water partition coefficient (Wildman–Crippen LogP) is 4.12. The average Bonchev–Trinajstić information content (AvgIpc) is 2.63. The van der Waals surface area contributed by atoms with E-state index in [-0.39, 0.29) is 18.7 Å². The third kappa shape index (κ3) is 9.47. The van der Waals surface area contributed by atoms with E-state index in [0.717, 1.165) is 19.3 Å². The Bertz CT molecular complexity index is 530. The van der Waals surface area contributed by atoms with Crippen molar-refractivity contribution >= 4 is 5.97 Å². The Labute approximate surface area is 157 Å².